The zero-order chi connectivity index (χ0) is 16.0. The van der Waals surface area contributed by atoms with Crippen LogP contribution in [0.3, 0.4) is 0 Å². The molecule has 0 amide bonds. The van der Waals surface area contributed by atoms with Crippen LogP contribution < -0.4 is 0 Å². The molecule has 0 saturated carbocycles. The van der Waals surface area contributed by atoms with Crippen LogP contribution in [0.25, 0.3) is 0 Å². The quantitative estimate of drug-likeness (QED) is 0.838. The van der Waals surface area contributed by atoms with E-state index in [9.17, 15) is 8.42 Å². The summed E-state index contributed by atoms with van der Waals surface area (Å²) < 4.78 is 31.9. The van der Waals surface area contributed by atoms with Crippen LogP contribution in [0.1, 0.15) is 30.0 Å². The average Bonchev–Trinajstić information content (AvgIpc) is 3.13. The molecule has 5 nitrogen and oxygen atoms in total. The summed E-state index contributed by atoms with van der Waals surface area (Å²) in [6.07, 6.45) is 0. The normalized spacial score (nSPS) is 32.0. The smallest absolute Gasteiger partial charge is 0.213 e. The Morgan fingerprint density at radius 1 is 1.13 bits per heavy atom. The van der Waals surface area contributed by atoms with Gasteiger partial charge < -0.3 is 4.74 Å². The van der Waals surface area contributed by atoms with Gasteiger partial charge in [0.25, 0.3) is 0 Å². The first-order chi connectivity index (χ1) is 11.1. The first kappa shape index (κ1) is 15.6. The number of sulfonamides is 1. The zero-order valence-corrected chi connectivity index (χ0v) is 14.3. The van der Waals surface area contributed by atoms with E-state index in [0.717, 1.165) is 26.3 Å². The topological polar surface area (TPSA) is 49.9 Å². The summed E-state index contributed by atoms with van der Waals surface area (Å²) in [6.45, 7) is 6.43. The van der Waals surface area contributed by atoms with Crippen LogP contribution in [-0.2, 0) is 14.8 Å². The van der Waals surface area contributed by atoms with Gasteiger partial charge in [-0.15, -0.1) is 0 Å². The lowest BCUT2D eigenvalue weighted by Gasteiger charge is -2.36. The molecule has 6 heteroatoms. The van der Waals surface area contributed by atoms with Crippen LogP contribution in [0.5, 0.6) is 0 Å². The lowest BCUT2D eigenvalue weighted by molar-refractivity contribution is 0.00539. The third kappa shape index (κ3) is 2.52. The second-order valence-corrected chi connectivity index (χ2v) is 8.97. The van der Waals surface area contributed by atoms with Gasteiger partial charge in [-0.3, -0.25) is 4.90 Å². The van der Waals surface area contributed by atoms with Gasteiger partial charge in [0.05, 0.1) is 19.0 Å². The first-order valence-electron chi connectivity index (χ1n) is 8.50. The van der Waals surface area contributed by atoms with Crippen LogP contribution in [0.15, 0.2) is 24.3 Å². The van der Waals surface area contributed by atoms with Crippen LogP contribution in [0.4, 0.5) is 0 Å². The summed E-state index contributed by atoms with van der Waals surface area (Å²) in [6, 6.07) is 8.93. The van der Waals surface area contributed by atoms with Crippen molar-refractivity contribution in [2.75, 3.05) is 45.1 Å². The van der Waals surface area contributed by atoms with E-state index < -0.39 is 10.0 Å². The predicted octanol–water partition coefficient (Wildman–Crippen LogP) is 1.44. The Bertz CT molecular complexity index is 685. The summed E-state index contributed by atoms with van der Waals surface area (Å²) in [5.74, 6) is 0.892. The number of rotatable bonds is 3. The van der Waals surface area contributed by atoms with Crippen molar-refractivity contribution >= 4 is 10.0 Å². The maximum absolute atomic E-state index is 12.3. The van der Waals surface area contributed by atoms with Crippen molar-refractivity contribution in [1.29, 1.82) is 0 Å². The molecule has 0 N–H and O–H groups in total. The molecule has 23 heavy (non-hydrogen) atoms. The Morgan fingerprint density at radius 2 is 1.83 bits per heavy atom. The van der Waals surface area contributed by atoms with Gasteiger partial charge >= 0.3 is 0 Å². The molecule has 1 aliphatic carbocycles. The van der Waals surface area contributed by atoms with Crippen LogP contribution in [0.2, 0.25) is 0 Å². The molecular weight excluding hydrogens is 312 g/mol. The summed E-state index contributed by atoms with van der Waals surface area (Å²) in [4.78, 5) is 2.50. The van der Waals surface area contributed by atoms with E-state index in [4.69, 9.17) is 4.74 Å². The number of morpholine rings is 1. The minimum absolute atomic E-state index is 0.191. The highest BCUT2D eigenvalue weighted by atomic mass is 32.2. The van der Waals surface area contributed by atoms with Crippen molar-refractivity contribution in [2.45, 2.75) is 18.9 Å². The Kier molecular flexibility index (Phi) is 3.96. The van der Waals surface area contributed by atoms with Crippen LogP contribution in [0, 0.1) is 5.92 Å². The number of nitrogens with zero attached hydrogens (tertiary/aromatic N) is 2. The molecule has 2 saturated heterocycles. The molecule has 2 heterocycles. The fraction of sp³-hybridized carbons (Fsp3) is 0.647. The Morgan fingerprint density at radius 3 is 2.52 bits per heavy atom. The zero-order valence-electron chi connectivity index (χ0n) is 13.5. The molecule has 0 bridgehead atoms. The predicted molar refractivity (Wildman–Crippen MR) is 88.8 cm³/mol. The van der Waals surface area contributed by atoms with E-state index in [2.05, 4.69) is 29.2 Å². The number of fused-ring (bicyclic) bond motifs is 3. The third-order valence-electron chi connectivity index (χ3n) is 5.65. The van der Waals surface area contributed by atoms with Gasteiger partial charge in [-0.2, -0.15) is 0 Å². The number of hydrogen-bond donors (Lipinski definition) is 0. The van der Waals surface area contributed by atoms with Gasteiger partial charge in [0.2, 0.25) is 10.0 Å². The Labute approximate surface area is 138 Å². The van der Waals surface area contributed by atoms with Crippen molar-refractivity contribution in [2.24, 2.45) is 5.92 Å². The monoisotopic (exact) mass is 336 g/mol. The molecule has 126 valence electrons. The number of benzene rings is 1. The molecule has 1 aromatic rings. The van der Waals surface area contributed by atoms with E-state index >= 15 is 0 Å². The fourth-order valence-electron chi connectivity index (χ4n) is 4.52. The number of ether oxygens (including phenoxy) is 1. The van der Waals surface area contributed by atoms with Crippen LogP contribution >= 0.6 is 0 Å². The summed E-state index contributed by atoms with van der Waals surface area (Å²) in [7, 11) is -3.11. The summed E-state index contributed by atoms with van der Waals surface area (Å²) >= 11 is 0. The third-order valence-corrected chi connectivity index (χ3v) is 7.46. The molecule has 0 aromatic heterocycles. The molecule has 3 aliphatic rings. The lowest BCUT2D eigenvalue weighted by atomic mass is 9.93. The largest absolute Gasteiger partial charge is 0.379 e. The van der Waals surface area contributed by atoms with Gasteiger partial charge in [0.1, 0.15) is 0 Å². The minimum atomic E-state index is -3.11. The highest BCUT2D eigenvalue weighted by Crippen LogP contribution is 2.52. The Balaban J connectivity index is 1.69. The molecule has 0 unspecified atom stereocenters. The van der Waals surface area contributed by atoms with E-state index in [-0.39, 0.29) is 5.75 Å². The second kappa shape index (κ2) is 5.84. The van der Waals surface area contributed by atoms with Gasteiger partial charge in [0, 0.05) is 44.1 Å². The molecule has 0 radical (unpaired) electrons. The van der Waals surface area contributed by atoms with Crippen molar-refractivity contribution in [3.05, 3.63) is 35.4 Å². The summed E-state index contributed by atoms with van der Waals surface area (Å²) in [5, 5.41) is 0. The molecule has 2 fully saturated rings. The molecule has 2 aliphatic heterocycles. The fourth-order valence-corrected chi connectivity index (χ4v) is 5.67. The highest BCUT2D eigenvalue weighted by molar-refractivity contribution is 7.89. The van der Waals surface area contributed by atoms with Gasteiger partial charge in [-0.1, -0.05) is 24.3 Å². The van der Waals surface area contributed by atoms with Gasteiger partial charge in [-0.05, 0) is 18.1 Å². The SMILES string of the molecule is CCS(=O)(=O)N1C[C@@H]2[C@H](C1)c1ccccc1[C@@H]2N1CCOCC1. The highest BCUT2D eigenvalue weighted by Gasteiger charge is 2.50. The van der Waals surface area contributed by atoms with E-state index in [1.165, 1.54) is 11.1 Å². The second-order valence-electron chi connectivity index (χ2n) is 6.71. The van der Waals surface area contributed by atoms with E-state index in [0.29, 0.717) is 31.0 Å². The number of hydrogen-bond acceptors (Lipinski definition) is 4. The molecule has 1 aromatic carbocycles. The maximum Gasteiger partial charge on any atom is 0.213 e. The van der Waals surface area contributed by atoms with Gasteiger partial charge in [0.15, 0.2) is 0 Å². The standard InChI is InChI=1S/C17H24N2O3S/c1-2-23(20,21)19-11-15-13-5-3-4-6-14(13)17(16(15)12-19)18-7-9-22-10-8-18/h3-6,15-17H,2,7-12H2,1H3/t15-,16-,17+/m1/s1. The molecular formula is C17H24N2O3S. The van der Waals surface area contributed by atoms with Crippen LogP contribution in [-0.4, -0.2) is 62.8 Å². The first-order valence-corrected chi connectivity index (χ1v) is 10.1. The molecule has 0 spiro atoms. The van der Waals surface area contributed by atoms with Crippen molar-refractivity contribution in [3.63, 3.8) is 0 Å². The summed E-state index contributed by atoms with van der Waals surface area (Å²) in [5.41, 5.74) is 2.75. The maximum atomic E-state index is 12.3. The van der Waals surface area contributed by atoms with Gasteiger partial charge in [-0.25, -0.2) is 12.7 Å². The molecule has 3 atom stereocenters. The molecule has 4 rings (SSSR count). The van der Waals surface area contributed by atoms with E-state index in [1.54, 1.807) is 11.2 Å². The Hall–Kier alpha value is -0.950. The lowest BCUT2D eigenvalue weighted by Crippen LogP contribution is -2.42. The minimum Gasteiger partial charge on any atom is -0.379 e. The average molecular weight is 336 g/mol. The van der Waals surface area contributed by atoms with Crippen molar-refractivity contribution in [3.8, 4) is 0 Å². The van der Waals surface area contributed by atoms with E-state index in [1.807, 2.05) is 0 Å². The van der Waals surface area contributed by atoms with Crippen molar-refractivity contribution in [1.82, 2.24) is 9.21 Å². The van der Waals surface area contributed by atoms with Crippen molar-refractivity contribution < 1.29 is 13.2 Å².